The predicted molar refractivity (Wildman–Crippen MR) is 130 cm³/mol. The molecule has 1 aromatic heterocycles. The molecule has 2 heterocycles. The molecule has 0 atom stereocenters. The van der Waals surface area contributed by atoms with Gasteiger partial charge in [0.15, 0.2) is 0 Å². The number of aromatic nitrogens is 2. The fourth-order valence-electron chi connectivity index (χ4n) is 4.00. The first-order valence-corrected chi connectivity index (χ1v) is 13.1. The van der Waals surface area contributed by atoms with Crippen molar-refractivity contribution in [3.8, 4) is 11.4 Å². The van der Waals surface area contributed by atoms with Gasteiger partial charge in [-0.3, -0.25) is 4.79 Å². The average Bonchev–Trinajstić information content (AvgIpc) is 3.11. The van der Waals surface area contributed by atoms with Gasteiger partial charge in [-0.1, -0.05) is 53.9 Å². The number of carbonyl (C=O) groups is 1. The lowest BCUT2D eigenvalue weighted by Crippen LogP contribution is -2.32. The van der Waals surface area contributed by atoms with Crippen LogP contribution in [0.2, 0.25) is 0 Å². The summed E-state index contributed by atoms with van der Waals surface area (Å²) in [5.41, 5.74) is 3.11. The monoisotopic (exact) mass is 482 g/mol. The topological polar surface area (TPSA) is 105 Å². The number of hydrogen-bond donors (Lipinski definition) is 1. The second-order valence-corrected chi connectivity index (χ2v) is 10.6. The summed E-state index contributed by atoms with van der Waals surface area (Å²) in [5, 5.41) is 6.79. The molecule has 4 rings (SSSR count). The zero-order valence-corrected chi connectivity index (χ0v) is 20.4. The molecule has 1 saturated heterocycles. The van der Waals surface area contributed by atoms with Gasteiger partial charge in [-0.15, -0.1) is 0 Å². The Morgan fingerprint density at radius 1 is 1.03 bits per heavy atom. The normalized spacial score (nSPS) is 15.1. The first-order valence-electron chi connectivity index (χ1n) is 11.6. The van der Waals surface area contributed by atoms with Crippen LogP contribution >= 0.6 is 0 Å². The minimum Gasteiger partial charge on any atom is -0.339 e. The van der Waals surface area contributed by atoms with Crippen molar-refractivity contribution >= 4 is 21.6 Å². The molecule has 34 heavy (non-hydrogen) atoms. The molecule has 1 aliphatic heterocycles. The number of amides is 1. The third kappa shape index (κ3) is 5.71. The Labute approximate surface area is 200 Å². The van der Waals surface area contributed by atoms with Gasteiger partial charge in [0.05, 0.1) is 4.90 Å². The Balaban J connectivity index is 1.39. The summed E-state index contributed by atoms with van der Waals surface area (Å²) in [6.07, 6.45) is 4.26. The molecular weight excluding hydrogens is 452 g/mol. The van der Waals surface area contributed by atoms with Crippen LogP contribution in [0.1, 0.15) is 49.1 Å². The van der Waals surface area contributed by atoms with Crippen LogP contribution in [-0.2, 0) is 21.2 Å². The first-order chi connectivity index (χ1) is 16.3. The van der Waals surface area contributed by atoms with E-state index in [0.29, 0.717) is 36.1 Å². The Morgan fingerprint density at radius 3 is 2.44 bits per heavy atom. The van der Waals surface area contributed by atoms with Crippen molar-refractivity contribution < 1.29 is 17.7 Å². The van der Waals surface area contributed by atoms with E-state index in [0.717, 1.165) is 36.8 Å². The van der Waals surface area contributed by atoms with E-state index in [4.69, 9.17) is 4.52 Å². The summed E-state index contributed by atoms with van der Waals surface area (Å²) in [6.45, 7) is 4.85. The molecule has 0 radical (unpaired) electrons. The van der Waals surface area contributed by atoms with Crippen LogP contribution in [0.15, 0.2) is 51.9 Å². The van der Waals surface area contributed by atoms with E-state index in [1.54, 1.807) is 29.4 Å². The van der Waals surface area contributed by atoms with E-state index >= 15 is 0 Å². The Kier molecular flexibility index (Phi) is 7.43. The van der Waals surface area contributed by atoms with Gasteiger partial charge in [-0.05, 0) is 44.4 Å². The Hall–Kier alpha value is -3.04. The molecule has 0 aliphatic carbocycles. The lowest BCUT2D eigenvalue weighted by molar-refractivity contribution is -0.116. The molecular formula is C25H30N4O4S. The summed E-state index contributed by atoms with van der Waals surface area (Å²) >= 11 is 0. The van der Waals surface area contributed by atoms with Crippen molar-refractivity contribution in [2.24, 2.45) is 0 Å². The second-order valence-electron chi connectivity index (χ2n) is 8.72. The first kappa shape index (κ1) is 24.1. The molecule has 3 aromatic rings. The molecule has 0 spiro atoms. The number of hydrogen-bond acceptors (Lipinski definition) is 6. The summed E-state index contributed by atoms with van der Waals surface area (Å²) in [4.78, 5) is 17.1. The molecule has 1 fully saturated rings. The van der Waals surface area contributed by atoms with Crippen LogP contribution in [0, 0.1) is 13.8 Å². The maximum Gasteiger partial charge on any atom is 0.243 e. The molecule has 1 aliphatic rings. The number of sulfonamides is 1. The van der Waals surface area contributed by atoms with Crippen LogP contribution in [0.25, 0.3) is 11.4 Å². The molecule has 0 unspecified atom stereocenters. The maximum absolute atomic E-state index is 13.2. The smallest absolute Gasteiger partial charge is 0.243 e. The summed E-state index contributed by atoms with van der Waals surface area (Å²) in [7, 11) is -3.61. The molecule has 8 nitrogen and oxygen atoms in total. The quantitative estimate of drug-likeness (QED) is 0.532. The van der Waals surface area contributed by atoms with Crippen molar-refractivity contribution in [2.75, 3.05) is 18.4 Å². The lowest BCUT2D eigenvalue weighted by Gasteiger charge is -2.21. The average molecular weight is 483 g/mol. The second kappa shape index (κ2) is 10.5. The zero-order chi connectivity index (χ0) is 24.1. The third-order valence-electron chi connectivity index (χ3n) is 6.00. The number of rotatable bonds is 7. The molecule has 1 amide bonds. The van der Waals surface area contributed by atoms with Gasteiger partial charge in [0.1, 0.15) is 0 Å². The number of benzene rings is 2. The van der Waals surface area contributed by atoms with Crippen LogP contribution in [0.4, 0.5) is 5.69 Å². The van der Waals surface area contributed by atoms with Crippen LogP contribution in [-0.4, -0.2) is 41.9 Å². The van der Waals surface area contributed by atoms with Crippen LogP contribution < -0.4 is 5.32 Å². The molecule has 0 bridgehead atoms. The van der Waals surface area contributed by atoms with Crippen molar-refractivity contribution in [1.29, 1.82) is 0 Å². The molecule has 180 valence electrons. The molecule has 9 heteroatoms. The standard InChI is InChI=1S/C25H30N4O4S/c1-18-7-10-20(11-8-18)25-27-24(33-28-25)14-13-23(30)26-21-12-9-19(2)22(17-21)34(31,32)29-15-5-3-4-6-16-29/h7-12,17H,3-6,13-16H2,1-2H3,(H,26,30). The highest BCUT2D eigenvalue weighted by atomic mass is 32.2. The fourth-order valence-corrected chi connectivity index (χ4v) is 5.77. The van der Waals surface area contributed by atoms with Crippen molar-refractivity contribution in [1.82, 2.24) is 14.4 Å². The highest BCUT2D eigenvalue weighted by Gasteiger charge is 2.27. The largest absolute Gasteiger partial charge is 0.339 e. The Bertz CT molecular complexity index is 1240. The maximum atomic E-state index is 13.2. The van der Waals surface area contributed by atoms with E-state index < -0.39 is 10.0 Å². The molecule has 0 saturated carbocycles. The number of anilines is 1. The number of nitrogens with zero attached hydrogens (tertiary/aromatic N) is 3. The van der Waals surface area contributed by atoms with Gasteiger partial charge >= 0.3 is 0 Å². The van der Waals surface area contributed by atoms with E-state index in [1.165, 1.54) is 0 Å². The highest BCUT2D eigenvalue weighted by Crippen LogP contribution is 2.26. The lowest BCUT2D eigenvalue weighted by atomic mass is 10.1. The molecule has 2 aromatic carbocycles. The predicted octanol–water partition coefficient (Wildman–Crippen LogP) is 4.49. The Morgan fingerprint density at radius 2 is 1.74 bits per heavy atom. The number of carbonyl (C=O) groups excluding carboxylic acids is 1. The van der Waals surface area contributed by atoms with E-state index in [1.807, 2.05) is 31.2 Å². The van der Waals surface area contributed by atoms with Crippen molar-refractivity contribution in [2.45, 2.75) is 57.3 Å². The van der Waals surface area contributed by atoms with Gasteiger partial charge in [-0.2, -0.15) is 9.29 Å². The SMILES string of the molecule is Cc1ccc(-c2noc(CCC(=O)Nc3ccc(C)c(S(=O)(=O)N4CCCCCC4)c3)n2)cc1. The van der Waals surface area contributed by atoms with Crippen molar-refractivity contribution in [3.05, 3.63) is 59.5 Å². The van der Waals surface area contributed by atoms with Gasteiger partial charge in [-0.25, -0.2) is 8.42 Å². The zero-order valence-electron chi connectivity index (χ0n) is 19.6. The summed E-state index contributed by atoms with van der Waals surface area (Å²) in [6, 6.07) is 12.8. The van der Waals surface area contributed by atoms with E-state index in [-0.39, 0.29) is 23.6 Å². The minimum absolute atomic E-state index is 0.137. The minimum atomic E-state index is -3.61. The highest BCUT2D eigenvalue weighted by molar-refractivity contribution is 7.89. The van der Waals surface area contributed by atoms with Crippen LogP contribution in [0.3, 0.4) is 0 Å². The van der Waals surface area contributed by atoms with E-state index in [9.17, 15) is 13.2 Å². The molecule has 1 N–H and O–H groups in total. The van der Waals surface area contributed by atoms with Crippen molar-refractivity contribution in [3.63, 3.8) is 0 Å². The fraction of sp³-hybridized carbons (Fsp3) is 0.400. The summed E-state index contributed by atoms with van der Waals surface area (Å²) < 4.78 is 33.3. The van der Waals surface area contributed by atoms with Gasteiger partial charge in [0.25, 0.3) is 0 Å². The van der Waals surface area contributed by atoms with E-state index in [2.05, 4.69) is 15.5 Å². The van der Waals surface area contributed by atoms with Gasteiger partial charge in [0, 0.05) is 37.2 Å². The van der Waals surface area contributed by atoms with Gasteiger partial charge in [0.2, 0.25) is 27.6 Å². The van der Waals surface area contributed by atoms with Gasteiger partial charge < -0.3 is 9.84 Å². The number of nitrogens with one attached hydrogen (secondary N) is 1. The van der Waals surface area contributed by atoms with Crippen LogP contribution in [0.5, 0.6) is 0 Å². The summed E-state index contributed by atoms with van der Waals surface area (Å²) in [5.74, 6) is 0.605. The third-order valence-corrected chi connectivity index (χ3v) is 8.04. The number of aryl methyl sites for hydroxylation is 3.